The summed E-state index contributed by atoms with van der Waals surface area (Å²) in [5.74, 6) is 0.528. The largest absolute Gasteiger partial charge is 0.463 e. The first-order valence-electron chi connectivity index (χ1n) is 6.00. The molecular weight excluding hydrogens is 190 g/mol. The highest BCUT2D eigenvalue weighted by Crippen LogP contribution is 2.12. The maximum atomic E-state index is 11.5. The molecule has 0 saturated carbocycles. The molecule has 0 amide bonds. The molecule has 1 aliphatic rings. The highest BCUT2D eigenvalue weighted by molar-refractivity contribution is 5.70. The molecule has 0 bridgehead atoms. The Labute approximate surface area is 92.6 Å². The summed E-state index contributed by atoms with van der Waals surface area (Å²) in [4.78, 5) is 11.5. The zero-order valence-corrected chi connectivity index (χ0v) is 10.1. The van der Waals surface area contributed by atoms with Crippen LogP contribution in [-0.4, -0.2) is 24.7 Å². The molecule has 1 aliphatic heterocycles. The summed E-state index contributed by atoms with van der Waals surface area (Å²) in [6.07, 6.45) is 3.82. The summed E-state index contributed by atoms with van der Waals surface area (Å²) < 4.78 is 5.34. The second kappa shape index (κ2) is 6.11. The molecule has 3 nitrogen and oxygen atoms in total. The first kappa shape index (κ1) is 12.5. The van der Waals surface area contributed by atoms with Gasteiger partial charge in [-0.05, 0) is 38.6 Å². The Morgan fingerprint density at radius 2 is 2.20 bits per heavy atom. The maximum Gasteiger partial charge on any atom is 0.307 e. The SMILES string of the molecule is CC(C)CC(C)OC(=O)CC1CCCN1. The fourth-order valence-electron chi connectivity index (χ4n) is 2.12. The van der Waals surface area contributed by atoms with Crippen molar-refractivity contribution in [1.82, 2.24) is 5.32 Å². The molecule has 1 rings (SSSR count). The minimum Gasteiger partial charge on any atom is -0.463 e. The molecule has 0 aromatic heterocycles. The smallest absolute Gasteiger partial charge is 0.307 e. The Hall–Kier alpha value is -0.570. The van der Waals surface area contributed by atoms with E-state index in [-0.39, 0.29) is 12.1 Å². The molecule has 0 aromatic carbocycles. The van der Waals surface area contributed by atoms with E-state index < -0.39 is 0 Å². The fraction of sp³-hybridized carbons (Fsp3) is 0.917. The Morgan fingerprint density at radius 3 is 2.73 bits per heavy atom. The van der Waals surface area contributed by atoms with Crippen LogP contribution in [-0.2, 0) is 9.53 Å². The number of hydrogen-bond acceptors (Lipinski definition) is 3. The zero-order chi connectivity index (χ0) is 11.3. The van der Waals surface area contributed by atoms with Gasteiger partial charge in [-0.3, -0.25) is 4.79 Å². The van der Waals surface area contributed by atoms with E-state index in [0.717, 1.165) is 19.4 Å². The predicted octanol–water partition coefficient (Wildman–Crippen LogP) is 2.11. The third-order valence-corrected chi connectivity index (χ3v) is 2.71. The van der Waals surface area contributed by atoms with Crippen molar-refractivity contribution in [2.75, 3.05) is 6.54 Å². The number of carbonyl (C=O) groups is 1. The van der Waals surface area contributed by atoms with Gasteiger partial charge in [0.2, 0.25) is 0 Å². The summed E-state index contributed by atoms with van der Waals surface area (Å²) in [7, 11) is 0. The van der Waals surface area contributed by atoms with Crippen molar-refractivity contribution in [3.63, 3.8) is 0 Å². The molecule has 0 spiro atoms. The average molecular weight is 213 g/mol. The van der Waals surface area contributed by atoms with Crippen molar-refractivity contribution in [3.8, 4) is 0 Å². The van der Waals surface area contributed by atoms with E-state index in [9.17, 15) is 4.79 Å². The van der Waals surface area contributed by atoms with Crippen molar-refractivity contribution < 1.29 is 9.53 Å². The average Bonchev–Trinajstić information content (AvgIpc) is 2.53. The highest BCUT2D eigenvalue weighted by Gasteiger charge is 2.19. The monoisotopic (exact) mass is 213 g/mol. The first-order valence-corrected chi connectivity index (χ1v) is 6.00. The lowest BCUT2D eigenvalue weighted by molar-refractivity contribution is -0.149. The van der Waals surface area contributed by atoms with Crippen LogP contribution in [0.3, 0.4) is 0 Å². The van der Waals surface area contributed by atoms with Gasteiger partial charge in [-0.1, -0.05) is 13.8 Å². The van der Waals surface area contributed by atoms with Gasteiger partial charge in [-0.25, -0.2) is 0 Å². The molecule has 0 aromatic rings. The van der Waals surface area contributed by atoms with Crippen molar-refractivity contribution in [2.45, 2.75) is 58.6 Å². The number of ether oxygens (including phenoxy) is 1. The van der Waals surface area contributed by atoms with E-state index in [2.05, 4.69) is 19.2 Å². The van der Waals surface area contributed by atoms with Crippen LogP contribution >= 0.6 is 0 Å². The lowest BCUT2D eigenvalue weighted by atomic mass is 10.1. The van der Waals surface area contributed by atoms with Crippen LogP contribution in [0, 0.1) is 5.92 Å². The minimum atomic E-state index is -0.0532. The number of esters is 1. The Morgan fingerprint density at radius 1 is 1.47 bits per heavy atom. The van der Waals surface area contributed by atoms with Gasteiger partial charge < -0.3 is 10.1 Å². The summed E-state index contributed by atoms with van der Waals surface area (Å²) >= 11 is 0. The van der Waals surface area contributed by atoms with Gasteiger partial charge >= 0.3 is 5.97 Å². The first-order chi connectivity index (χ1) is 7.08. The quantitative estimate of drug-likeness (QED) is 0.711. The molecule has 2 unspecified atom stereocenters. The van der Waals surface area contributed by atoms with Crippen LogP contribution in [0.2, 0.25) is 0 Å². The lowest BCUT2D eigenvalue weighted by Crippen LogP contribution is -2.27. The van der Waals surface area contributed by atoms with Crippen LogP contribution in [0.4, 0.5) is 0 Å². The van der Waals surface area contributed by atoms with Crippen molar-refractivity contribution in [3.05, 3.63) is 0 Å². The summed E-state index contributed by atoms with van der Waals surface area (Å²) in [5, 5.41) is 3.30. The number of rotatable bonds is 5. The van der Waals surface area contributed by atoms with Crippen LogP contribution in [0.5, 0.6) is 0 Å². The Kier molecular flexibility index (Phi) is 5.09. The second-order valence-corrected chi connectivity index (χ2v) is 4.93. The second-order valence-electron chi connectivity index (χ2n) is 4.93. The van der Waals surface area contributed by atoms with Gasteiger partial charge in [0.25, 0.3) is 0 Å². The molecule has 1 N–H and O–H groups in total. The van der Waals surface area contributed by atoms with E-state index in [1.165, 1.54) is 6.42 Å². The molecule has 15 heavy (non-hydrogen) atoms. The third kappa shape index (κ3) is 5.17. The topological polar surface area (TPSA) is 38.3 Å². The minimum absolute atomic E-state index is 0.0532. The standard InChI is InChI=1S/C12H23NO2/c1-9(2)7-10(3)15-12(14)8-11-5-4-6-13-11/h9-11,13H,4-8H2,1-3H3. The van der Waals surface area contributed by atoms with Gasteiger partial charge in [0, 0.05) is 6.04 Å². The molecule has 0 radical (unpaired) electrons. The number of nitrogens with one attached hydrogen (secondary N) is 1. The molecule has 1 saturated heterocycles. The van der Waals surface area contributed by atoms with Crippen molar-refractivity contribution in [2.24, 2.45) is 5.92 Å². The third-order valence-electron chi connectivity index (χ3n) is 2.71. The van der Waals surface area contributed by atoms with E-state index in [4.69, 9.17) is 4.74 Å². The van der Waals surface area contributed by atoms with Crippen LogP contribution < -0.4 is 5.32 Å². The van der Waals surface area contributed by atoms with Crippen molar-refractivity contribution >= 4 is 5.97 Å². The van der Waals surface area contributed by atoms with Gasteiger partial charge in [-0.15, -0.1) is 0 Å². The van der Waals surface area contributed by atoms with Crippen molar-refractivity contribution in [1.29, 1.82) is 0 Å². The Balaban J connectivity index is 2.16. The van der Waals surface area contributed by atoms with Crippen LogP contribution in [0.15, 0.2) is 0 Å². The van der Waals surface area contributed by atoms with E-state index in [0.29, 0.717) is 18.4 Å². The summed E-state index contributed by atoms with van der Waals surface area (Å²) in [5.41, 5.74) is 0. The van der Waals surface area contributed by atoms with Crippen LogP contribution in [0.25, 0.3) is 0 Å². The molecule has 0 aliphatic carbocycles. The van der Waals surface area contributed by atoms with Crippen LogP contribution in [0.1, 0.15) is 46.5 Å². The van der Waals surface area contributed by atoms with Gasteiger partial charge in [-0.2, -0.15) is 0 Å². The predicted molar refractivity (Wildman–Crippen MR) is 60.7 cm³/mol. The van der Waals surface area contributed by atoms with Gasteiger partial charge in [0.15, 0.2) is 0 Å². The Bertz CT molecular complexity index is 198. The lowest BCUT2D eigenvalue weighted by Gasteiger charge is -2.16. The van der Waals surface area contributed by atoms with E-state index >= 15 is 0 Å². The maximum absolute atomic E-state index is 11.5. The van der Waals surface area contributed by atoms with E-state index in [1.54, 1.807) is 0 Å². The molecule has 1 heterocycles. The molecule has 3 heteroatoms. The zero-order valence-electron chi connectivity index (χ0n) is 10.1. The fourth-order valence-corrected chi connectivity index (χ4v) is 2.12. The molecule has 1 fully saturated rings. The summed E-state index contributed by atoms with van der Waals surface area (Å²) in [6, 6.07) is 0.351. The number of hydrogen-bond donors (Lipinski definition) is 1. The molecule has 88 valence electrons. The summed E-state index contributed by atoms with van der Waals surface area (Å²) in [6.45, 7) is 7.30. The van der Waals surface area contributed by atoms with E-state index in [1.807, 2.05) is 6.92 Å². The molecule has 2 atom stereocenters. The normalized spacial score (nSPS) is 23.1. The molecular formula is C12H23NO2. The highest BCUT2D eigenvalue weighted by atomic mass is 16.5. The van der Waals surface area contributed by atoms with Gasteiger partial charge in [0.1, 0.15) is 0 Å². The van der Waals surface area contributed by atoms with Gasteiger partial charge in [0.05, 0.1) is 12.5 Å². The number of carbonyl (C=O) groups excluding carboxylic acids is 1.